The van der Waals surface area contributed by atoms with E-state index in [1.54, 1.807) is 24.3 Å². The van der Waals surface area contributed by atoms with Crippen molar-refractivity contribution in [2.75, 3.05) is 0 Å². The van der Waals surface area contributed by atoms with Crippen molar-refractivity contribution in [2.45, 2.75) is 14.9 Å². The van der Waals surface area contributed by atoms with Crippen LogP contribution in [0, 0.1) is 24.8 Å². The van der Waals surface area contributed by atoms with Crippen molar-refractivity contribution in [3.8, 4) is 22.8 Å². The van der Waals surface area contributed by atoms with Crippen LogP contribution in [0.15, 0.2) is 118 Å². The number of hydrogen-bond acceptors (Lipinski definition) is 2. The van der Waals surface area contributed by atoms with Crippen molar-refractivity contribution in [3.63, 3.8) is 0 Å². The lowest BCUT2D eigenvalue weighted by Gasteiger charge is -2.07. The summed E-state index contributed by atoms with van der Waals surface area (Å²) in [7, 11) is 0. The number of hydrogen-bond donors (Lipinski definition) is 2. The first kappa shape index (κ1) is 40.3. The molecule has 2 aromatic heterocycles. The zero-order valence-electron chi connectivity index (χ0n) is 28.4. The molecule has 0 saturated heterocycles. The third kappa shape index (κ3) is 6.72. The second kappa shape index (κ2) is 15.8. The topological polar surface area (TPSA) is 66.1 Å². The number of nitrogens with zero attached hydrogens (tertiary/aromatic N) is 4. The Labute approximate surface area is 358 Å². The first-order chi connectivity index (χ1) is 27.1. The number of aromatic amines is 2. The first-order valence-electron chi connectivity index (χ1n) is 16.9. The molecule has 2 heterocycles. The second-order valence-corrected chi connectivity index (χ2v) is 15.6. The van der Waals surface area contributed by atoms with Crippen molar-refractivity contribution in [3.05, 3.63) is 163 Å². The molecule has 0 fully saturated rings. The van der Waals surface area contributed by atoms with E-state index >= 15 is 0 Å². The SMILES string of the molecule is C.C.Fc1cccc(F)c1-c1nc2c3ccc(Br)cc3c3cc(Cl)ccc3c2[nH]1.[C-]#[N+]c1cccc([N+]#[C-])c1-c1nc2c3ccc(Br)cc3c3cc(Cl)ccc3c2[nH]1. The normalized spacial score (nSPS) is 11.0. The Morgan fingerprint density at radius 3 is 1.34 bits per heavy atom. The quantitative estimate of drug-likeness (QED) is 0.134. The maximum absolute atomic E-state index is 14.3. The smallest absolute Gasteiger partial charge is 0.187 e. The molecule has 0 spiro atoms. The van der Waals surface area contributed by atoms with Crippen LogP contribution < -0.4 is 0 Å². The minimum atomic E-state index is -0.659. The van der Waals surface area contributed by atoms with E-state index in [1.807, 2.05) is 60.7 Å². The van der Waals surface area contributed by atoms with Gasteiger partial charge in [0, 0.05) is 46.1 Å². The fourth-order valence-electron chi connectivity index (χ4n) is 7.25. The number of nitrogens with one attached hydrogen (secondary N) is 2. The summed E-state index contributed by atoms with van der Waals surface area (Å²) in [5, 5.41) is 8.94. The highest BCUT2D eigenvalue weighted by molar-refractivity contribution is 9.10. The molecule has 6 nitrogen and oxygen atoms in total. The summed E-state index contributed by atoms with van der Waals surface area (Å²) in [4.78, 5) is 23.1. The Morgan fingerprint density at radius 1 is 0.500 bits per heavy atom. The summed E-state index contributed by atoms with van der Waals surface area (Å²) >= 11 is 19.6. The summed E-state index contributed by atoms with van der Waals surface area (Å²) < 4.78 is 30.4. The molecular formula is C46H28Br2Cl2F2N6. The van der Waals surface area contributed by atoms with Crippen LogP contribution >= 0.6 is 55.1 Å². The van der Waals surface area contributed by atoms with Crippen LogP contribution in [-0.2, 0) is 0 Å². The largest absolute Gasteiger partial charge is 0.340 e. The Bertz CT molecular complexity index is 3170. The van der Waals surface area contributed by atoms with Crippen LogP contribution in [-0.4, -0.2) is 19.9 Å². The highest BCUT2D eigenvalue weighted by Gasteiger charge is 2.20. The molecule has 0 atom stereocenters. The van der Waals surface area contributed by atoms with Gasteiger partial charge in [-0.25, -0.2) is 28.4 Å². The molecule has 0 amide bonds. The Morgan fingerprint density at radius 2 is 0.897 bits per heavy atom. The highest BCUT2D eigenvalue weighted by atomic mass is 79.9. The van der Waals surface area contributed by atoms with Gasteiger partial charge in [-0.15, -0.1) is 0 Å². The number of H-pyrrole nitrogens is 2. The molecule has 10 aromatic rings. The van der Waals surface area contributed by atoms with E-state index in [9.17, 15) is 8.78 Å². The summed E-state index contributed by atoms with van der Waals surface area (Å²) in [6.07, 6.45) is 0. The molecule has 12 heteroatoms. The van der Waals surface area contributed by atoms with Gasteiger partial charge in [-0.05, 0) is 82.2 Å². The van der Waals surface area contributed by atoms with Gasteiger partial charge in [0.2, 0.25) is 0 Å². The van der Waals surface area contributed by atoms with Crippen molar-refractivity contribution < 1.29 is 8.78 Å². The second-order valence-electron chi connectivity index (χ2n) is 12.9. The Hall–Kier alpha value is -5.88. The lowest BCUT2D eigenvalue weighted by atomic mass is 10.00. The van der Waals surface area contributed by atoms with Gasteiger partial charge in [0.25, 0.3) is 0 Å². The third-order valence-electron chi connectivity index (χ3n) is 9.66. The van der Waals surface area contributed by atoms with Crippen molar-refractivity contribution >= 4 is 132 Å². The van der Waals surface area contributed by atoms with Gasteiger partial charge in [0.15, 0.2) is 11.4 Å². The van der Waals surface area contributed by atoms with E-state index in [1.165, 1.54) is 18.2 Å². The van der Waals surface area contributed by atoms with E-state index in [4.69, 9.17) is 41.3 Å². The lowest BCUT2D eigenvalue weighted by molar-refractivity contribution is 0.588. The van der Waals surface area contributed by atoms with Gasteiger partial charge in [-0.3, -0.25) is 0 Å². The van der Waals surface area contributed by atoms with Crippen LogP contribution in [0.3, 0.4) is 0 Å². The standard InChI is InChI=1S/C23H10BrClN4.C21H10BrClF2N2.2CH4/c1-26-18-4-3-5-19(27-2)20(18)23-28-21-14-8-6-12(24)10-16(14)17-11-13(25)7-9-15(17)22(21)29-23;22-10-4-6-12-14(8-10)15-9-11(23)5-7-13(15)20-19(12)26-21(27-20)18-16(24)2-1-3-17(18)25;;/h3-11H,(H,28,29);1-9H,(H,26,27);2*1H4. The van der Waals surface area contributed by atoms with E-state index in [2.05, 4.69) is 62.6 Å². The monoisotopic (exact) mass is 930 g/mol. The molecule has 0 aliphatic heterocycles. The van der Waals surface area contributed by atoms with Crippen LogP contribution in [0.2, 0.25) is 10.0 Å². The van der Waals surface area contributed by atoms with E-state index < -0.39 is 11.6 Å². The number of fused-ring (bicyclic) bond motifs is 12. The zero-order chi connectivity index (χ0) is 38.8. The summed E-state index contributed by atoms with van der Waals surface area (Å²) in [6.45, 7) is 15.0. The summed E-state index contributed by atoms with van der Waals surface area (Å²) in [5.41, 5.74) is 4.19. The lowest BCUT2D eigenvalue weighted by Crippen LogP contribution is -1.91. The van der Waals surface area contributed by atoms with Crippen LogP contribution in [0.4, 0.5) is 20.2 Å². The molecule has 2 N–H and O–H groups in total. The average Bonchev–Trinajstić information content (AvgIpc) is 3.84. The molecule has 0 aliphatic rings. The van der Waals surface area contributed by atoms with Gasteiger partial charge in [0.1, 0.15) is 23.3 Å². The first-order valence-corrected chi connectivity index (χ1v) is 19.2. The van der Waals surface area contributed by atoms with Crippen LogP contribution in [0.1, 0.15) is 14.9 Å². The van der Waals surface area contributed by atoms with Crippen LogP contribution in [0.25, 0.3) is 97.6 Å². The number of benzene rings is 8. The van der Waals surface area contributed by atoms with Gasteiger partial charge >= 0.3 is 0 Å². The maximum atomic E-state index is 14.3. The molecular weight excluding hydrogens is 905 g/mol. The van der Waals surface area contributed by atoms with Gasteiger partial charge < -0.3 is 9.97 Å². The van der Waals surface area contributed by atoms with Gasteiger partial charge in [-0.2, -0.15) is 0 Å². The molecule has 58 heavy (non-hydrogen) atoms. The number of imidazole rings is 2. The predicted molar refractivity (Wildman–Crippen MR) is 244 cm³/mol. The fraction of sp³-hybridized carbons (Fsp3) is 0.0435. The van der Waals surface area contributed by atoms with E-state index in [0.29, 0.717) is 43.8 Å². The van der Waals surface area contributed by atoms with Gasteiger partial charge in [0.05, 0.1) is 40.8 Å². The highest BCUT2D eigenvalue weighted by Crippen LogP contribution is 2.42. The average molecular weight is 933 g/mol. The number of aromatic nitrogens is 4. The Kier molecular flexibility index (Phi) is 11.0. The molecule has 0 aliphatic carbocycles. The minimum Gasteiger partial charge on any atom is -0.340 e. The molecule has 0 saturated carbocycles. The number of rotatable bonds is 2. The summed E-state index contributed by atoms with van der Waals surface area (Å²) in [5.74, 6) is -0.640. The van der Waals surface area contributed by atoms with Crippen molar-refractivity contribution in [1.29, 1.82) is 0 Å². The fourth-order valence-corrected chi connectivity index (χ4v) is 8.32. The molecule has 0 unspecified atom stereocenters. The van der Waals surface area contributed by atoms with E-state index in [0.717, 1.165) is 63.1 Å². The number of halogens is 6. The van der Waals surface area contributed by atoms with Crippen molar-refractivity contribution in [2.24, 2.45) is 0 Å². The minimum absolute atomic E-state index is 0. The molecule has 8 aromatic carbocycles. The van der Waals surface area contributed by atoms with Crippen LogP contribution in [0.5, 0.6) is 0 Å². The Balaban J connectivity index is 0.000000171. The molecule has 10 rings (SSSR count). The zero-order valence-corrected chi connectivity index (χ0v) is 33.1. The van der Waals surface area contributed by atoms with Gasteiger partial charge in [-0.1, -0.05) is 118 Å². The molecule has 284 valence electrons. The predicted octanol–water partition coefficient (Wildman–Crippen LogP) is 16.6. The molecule has 0 bridgehead atoms. The maximum Gasteiger partial charge on any atom is 0.187 e. The summed E-state index contributed by atoms with van der Waals surface area (Å²) in [6, 6.07) is 32.1. The van der Waals surface area contributed by atoms with E-state index in [-0.39, 0.29) is 26.2 Å². The third-order valence-corrected chi connectivity index (χ3v) is 11.1. The van der Waals surface area contributed by atoms with Crippen molar-refractivity contribution in [1.82, 2.24) is 19.9 Å². The molecule has 0 radical (unpaired) electrons.